The molecule has 0 amide bonds. The smallest absolute Gasteiger partial charge is 0.142 e. The maximum absolute atomic E-state index is 14.2. The van der Waals surface area contributed by atoms with E-state index in [0.29, 0.717) is 10.0 Å². The van der Waals surface area contributed by atoms with Crippen LogP contribution in [0.25, 0.3) is 0 Å². The van der Waals surface area contributed by atoms with Crippen LogP contribution in [0.1, 0.15) is 28.4 Å². The zero-order valence-electron chi connectivity index (χ0n) is 10.7. The van der Waals surface area contributed by atoms with Crippen molar-refractivity contribution in [1.82, 2.24) is 10.4 Å². The van der Waals surface area contributed by atoms with Crippen LogP contribution in [0.4, 0.5) is 4.39 Å². The summed E-state index contributed by atoms with van der Waals surface area (Å²) >= 11 is 3.18. The molecule has 2 rings (SSSR count). The molecule has 0 fully saturated rings. The lowest BCUT2D eigenvalue weighted by molar-refractivity contribution is 0.547. The van der Waals surface area contributed by atoms with Gasteiger partial charge in [-0.25, -0.2) is 9.82 Å². The number of hydrogen-bond donors (Lipinski definition) is 2. The summed E-state index contributed by atoms with van der Waals surface area (Å²) < 4.78 is 14.6. The summed E-state index contributed by atoms with van der Waals surface area (Å²) in [5.74, 6) is 5.26. The number of rotatable bonds is 3. The highest BCUT2D eigenvalue weighted by Gasteiger charge is 2.20. The van der Waals surface area contributed by atoms with E-state index in [1.54, 1.807) is 24.4 Å². The first-order valence-corrected chi connectivity index (χ1v) is 6.67. The summed E-state index contributed by atoms with van der Waals surface area (Å²) in [6.45, 7) is 3.91. The van der Waals surface area contributed by atoms with Gasteiger partial charge in [-0.3, -0.25) is 10.8 Å². The van der Waals surface area contributed by atoms with Gasteiger partial charge in [0.1, 0.15) is 5.82 Å². The Bertz CT molecular complexity index is 601. The highest BCUT2D eigenvalue weighted by atomic mass is 79.9. The first-order valence-electron chi connectivity index (χ1n) is 5.87. The minimum absolute atomic E-state index is 0.327. The molecular weight excluding hydrogens is 309 g/mol. The van der Waals surface area contributed by atoms with Gasteiger partial charge in [0.25, 0.3) is 0 Å². The summed E-state index contributed by atoms with van der Waals surface area (Å²) in [6, 6.07) is 6.66. The fourth-order valence-corrected chi connectivity index (χ4v) is 2.47. The van der Waals surface area contributed by atoms with Crippen molar-refractivity contribution in [1.29, 1.82) is 0 Å². The predicted molar refractivity (Wildman–Crippen MR) is 77.0 cm³/mol. The second-order valence-electron chi connectivity index (χ2n) is 4.46. The molecule has 100 valence electrons. The average molecular weight is 324 g/mol. The lowest BCUT2D eigenvalue weighted by Gasteiger charge is -2.19. The van der Waals surface area contributed by atoms with Crippen molar-refractivity contribution in [3.63, 3.8) is 0 Å². The van der Waals surface area contributed by atoms with E-state index in [-0.39, 0.29) is 5.82 Å². The highest BCUT2D eigenvalue weighted by molar-refractivity contribution is 9.10. The van der Waals surface area contributed by atoms with Crippen LogP contribution in [-0.4, -0.2) is 4.98 Å². The number of pyridine rings is 1. The van der Waals surface area contributed by atoms with Crippen molar-refractivity contribution in [3.05, 3.63) is 63.1 Å². The fraction of sp³-hybridized carbons (Fsp3) is 0.214. The van der Waals surface area contributed by atoms with Crippen molar-refractivity contribution < 1.29 is 4.39 Å². The molecule has 0 aliphatic carbocycles. The van der Waals surface area contributed by atoms with E-state index in [1.807, 2.05) is 19.9 Å². The highest BCUT2D eigenvalue weighted by Crippen LogP contribution is 2.28. The van der Waals surface area contributed by atoms with Crippen LogP contribution >= 0.6 is 15.9 Å². The normalized spacial score (nSPS) is 12.5. The Labute approximate surface area is 120 Å². The zero-order chi connectivity index (χ0) is 14.0. The van der Waals surface area contributed by atoms with Crippen molar-refractivity contribution >= 4 is 15.9 Å². The number of hydrazine groups is 1. The van der Waals surface area contributed by atoms with E-state index >= 15 is 0 Å². The van der Waals surface area contributed by atoms with Gasteiger partial charge < -0.3 is 0 Å². The molecule has 3 N–H and O–H groups in total. The van der Waals surface area contributed by atoms with Crippen LogP contribution in [-0.2, 0) is 0 Å². The van der Waals surface area contributed by atoms with E-state index in [2.05, 4.69) is 26.3 Å². The van der Waals surface area contributed by atoms with Crippen LogP contribution in [0, 0.1) is 19.7 Å². The molecule has 1 atom stereocenters. The standard InChI is InChI=1S/C14H15BrFN3/c1-8-6-9(2)13(18-7-8)14(19-17)10-4-3-5-11(15)12(10)16/h3-7,14,19H,17H2,1-2H3. The first kappa shape index (κ1) is 14.1. The van der Waals surface area contributed by atoms with Gasteiger partial charge in [0, 0.05) is 11.8 Å². The Balaban J connectivity index is 2.53. The Morgan fingerprint density at radius 2 is 2.11 bits per heavy atom. The molecule has 1 aromatic heterocycles. The van der Waals surface area contributed by atoms with Gasteiger partial charge in [-0.15, -0.1) is 0 Å². The lowest BCUT2D eigenvalue weighted by atomic mass is 9.99. The monoisotopic (exact) mass is 323 g/mol. The molecule has 1 heterocycles. The third kappa shape index (κ3) is 2.83. The Hall–Kier alpha value is -1.30. The summed E-state index contributed by atoms with van der Waals surface area (Å²) in [6.07, 6.45) is 1.75. The van der Waals surface area contributed by atoms with Crippen molar-refractivity contribution in [3.8, 4) is 0 Å². The van der Waals surface area contributed by atoms with Gasteiger partial charge >= 0.3 is 0 Å². The molecule has 0 saturated carbocycles. The van der Waals surface area contributed by atoms with E-state index in [1.165, 1.54) is 0 Å². The molecule has 0 radical (unpaired) electrons. The molecule has 0 aliphatic rings. The van der Waals surface area contributed by atoms with Crippen LogP contribution in [0.5, 0.6) is 0 Å². The van der Waals surface area contributed by atoms with Gasteiger partial charge in [0.2, 0.25) is 0 Å². The second-order valence-corrected chi connectivity index (χ2v) is 5.31. The molecular formula is C14H15BrFN3. The number of hydrogen-bond acceptors (Lipinski definition) is 3. The molecule has 3 nitrogen and oxygen atoms in total. The SMILES string of the molecule is Cc1cnc(C(NN)c2cccc(Br)c2F)c(C)c1. The van der Waals surface area contributed by atoms with Crippen LogP contribution in [0.2, 0.25) is 0 Å². The largest absolute Gasteiger partial charge is 0.271 e. The maximum atomic E-state index is 14.2. The van der Waals surface area contributed by atoms with E-state index < -0.39 is 6.04 Å². The predicted octanol–water partition coefficient (Wildman–Crippen LogP) is 3.15. The number of aryl methyl sites for hydroxylation is 2. The molecule has 1 aromatic carbocycles. The fourth-order valence-electron chi connectivity index (χ4n) is 2.09. The minimum atomic E-state index is -0.474. The van der Waals surface area contributed by atoms with Crippen LogP contribution in [0.15, 0.2) is 34.9 Å². The number of aromatic nitrogens is 1. The number of halogens is 2. The third-order valence-electron chi connectivity index (χ3n) is 2.99. The molecule has 5 heteroatoms. The Morgan fingerprint density at radius 3 is 2.74 bits per heavy atom. The Kier molecular flexibility index (Phi) is 4.29. The van der Waals surface area contributed by atoms with Crippen LogP contribution in [0.3, 0.4) is 0 Å². The van der Waals surface area contributed by atoms with E-state index in [0.717, 1.165) is 16.8 Å². The molecule has 0 aliphatic heterocycles. The maximum Gasteiger partial charge on any atom is 0.142 e. The topological polar surface area (TPSA) is 50.9 Å². The second kappa shape index (κ2) is 5.77. The average Bonchev–Trinajstić information content (AvgIpc) is 2.37. The van der Waals surface area contributed by atoms with E-state index in [9.17, 15) is 4.39 Å². The van der Waals surface area contributed by atoms with Gasteiger partial charge in [-0.1, -0.05) is 18.2 Å². The Morgan fingerprint density at radius 1 is 1.37 bits per heavy atom. The number of nitrogens with one attached hydrogen (secondary N) is 1. The van der Waals surface area contributed by atoms with Gasteiger partial charge in [0.15, 0.2) is 0 Å². The van der Waals surface area contributed by atoms with Crippen molar-refractivity contribution in [2.75, 3.05) is 0 Å². The molecule has 1 unspecified atom stereocenters. The summed E-state index contributed by atoms with van der Waals surface area (Å²) in [4.78, 5) is 4.37. The summed E-state index contributed by atoms with van der Waals surface area (Å²) in [5, 5.41) is 0. The van der Waals surface area contributed by atoms with Crippen LogP contribution < -0.4 is 11.3 Å². The lowest BCUT2D eigenvalue weighted by Crippen LogP contribution is -2.31. The van der Waals surface area contributed by atoms with Crippen molar-refractivity contribution in [2.45, 2.75) is 19.9 Å². The third-order valence-corrected chi connectivity index (χ3v) is 3.60. The van der Waals surface area contributed by atoms with Gasteiger partial charge in [-0.05, 0) is 47.0 Å². The molecule has 2 aromatic rings. The number of nitrogens with zero attached hydrogens (tertiary/aromatic N) is 1. The van der Waals surface area contributed by atoms with Gasteiger partial charge in [-0.2, -0.15) is 0 Å². The summed E-state index contributed by atoms with van der Waals surface area (Å²) in [7, 11) is 0. The first-order chi connectivity index (χ1) is 9.04. The van der Waals surface area contributed by atoms with Crippen molar-refractivity contribution in [2.24, 2.45) is 5.84 Å². The number of nitrogens with two attached hydrogens (primary N) is 1. The quantitative estimate of drug-likeness (QED) is 0.674. The number of benzene rings is 1. The van der Waals surface area contributed by atoms with E-state index in [4.69, 9.17) is 5.84 Å². The molecule has 19 heavy (non-hydrogen) atoms. The minimum Gasteiger partial charge on any atom is -0.271 e. The van der Waals surface area contributed by atoms with Gasteiger partial charge in [0.05, 0.1) is 16.2 Å². The molecule has 0 saturated heterocycles. The zero-order valence-corrected chi connectivity index (χ0v) is 12.3. The molecule has 0 spiro atoms. The summed E-state index contributed by atoms with van der Waals surface area (Å²) in [5.41, 5.74) is 5.87. The molecule has 0 bridgehead atoms.